The van der Waals surface area contributed by atoms with Crippen molar-refractivity contribution < 1.29 is 9.13 Å². The molecule has 2 aromatic rings. The van der Waals surface area contributed by atoms with Crippen molar-refractivity contribution in [3.05, 3.63) is 63.4 Å². The second kappa shape index (κ2) is 7.23. The molecule has 1 saturated carbocycles. The first kappa shape index (κ1) is 18.3. The summed E-state index contributed by atoms with van der Waals surface area (Å²) in [5.74, 6) is 0.915. The van der Waals surface area contributed by atoms with Crippen molar-refractivity contribution in [1.29, 1.82) is 0 Å². The van der Waals surface area contributed by atoms with Gasteiger partial charge < -0.3 is 4.74 Å². The SMILES string of the molecule is Fc1ccc(C2=NN3[C@H](C2)c2cc(Cl)cc(Cl)c2O[C@@H]3C2CCCCC2)cc1. The molecule has 0 spiro atoms. The number of benzene rings is 2. The lowest BCUT2D eigenvalue weighted by atomic mass is 9.86. The van der Waals surface area contributed by atoms with E-state index in [2.05, 4.69) is 5.01 Å². The van der Waals surface area contributed by atoms with Gasteiger partial charge in [0.15, 0.2) is 6.23 Å². The van der Waals surface area contributed by atoms with E-state index in [4.69, 9.17) is 33.0 Å². The number of fused-ring (bicyclic) bond motifs is 3. The minimum absolute atomic E-state index is 0.0342. The fourth-order valence-corrected chi connectivity index (χ4v) is 5.24. The molecule has 2 heterocycles. The van der Waals surface area contributed by atoms with Crippen LogP contribution in [0.3, 0.4) is 0 Å². The van der Waals surface area contributed by atoms with Gasteiger partial charge in [0.2, 0.25) is 0 Å². The predicted octanol–water partition coefficient (Wildman–Crippen LogP) is 6.58. The maximum absolute atomic E-state index is 13.4. The van der Waals surface area contributed by atoms with E-state index in [9.17, 15) is 4.39 Å². The lowest BCUT2D eigenvalue weighted by molar-refractivity contribution is -0.0642. The molecule has 0 aromatic heterocycles. The Morgan fingerprint density at radius 3 is 2.54 bits per heavy atom. The Labute approximate surface area is 174 Å². The maximum atomic E-state index is 13.4. The van der Waals surface area contributed by atoms with Crippen molar-refractivity contribution in [3.8, 4) is 5.75 Å². The highest BCUT2D eigenvalue weighted by Gasteiger charge is 2.44. The van der Waals surface area contributed by atoms with Gasteiger partial charge in [-0.2, -0.15) is 5.10 Å². The Hall–Kier alpha value is -1.78. The normalized spacial score (nSPS) is 24.4. The number of ether oxygens (including phenoxy) is 1. The summed E-state index contributed by atoms with van der Waals surface area (Å²) in [5, 5.41) is 8.19. The first-order chi connectivity index (χ1) is 13.6. The van der Waals surface area contributed by atoms with Crippen LogP contribution in [-0.4, -0.2) is 16.9 Å². The van der Waals surface area contributed by atoms with Crippen molar-refractivity contribution in [1.82, 2.24) is 5.01 Å². The van der Waals surface area contributed by atoms with E-state index in [0.29, 0.717) is 16.0 Å². The molecule has 0 N–H and O–H groups in total. The highest BCUT2D eigenvalue weighted by atomic mass is 35.5. The zero-order valence-electron chi connectivity index (χ0n) is 15.4. The van der Waals surface area contributed by atoms with E-state index < -0.39 is 0 Å². The molecular weight excluding hydrogens is 398 g/mol. The first-order valence-corrected chi connectivity index (χ1v) is 10.6. The van der Waals surface area contributed by atoms with E-state index >= 15 is 0 Å². The molecule has 0 bridgehead atoms. The molecule has 6 heteroatoms. The summed E-state index contributed by atoms with van der Waals surface area (Å²) >= 11 is 12.8. The minimum atomic E-state index is -0.243. The van der Waals surface area contributed by atoms with Gasteiger partial charge >= 0.3 is 0 Å². The summed E-state index contributed by atoms with van der Waals surface area (Å²) in [4.78, 5) is 0. The largest absolute Gasteiger partial charge is 0.467 e. The van der Waals surface area contributed by atoms with E-state index in [1.54, 1.807) is 18.2 Å². The number of halogens is 3. The van der Waals surface area contributed by atoms with Crippen LogP contribution in [0.4, 0.5) is 4.39 Å². The van der Waals surface area contributed by atoms with Gasteiger partial charge in [0.1, 0.15) is 11.6 Å². The smallest absolute Gasteiger partial charge is 0.190 e. The molecule has 1 fully saturated rings. The molecule has 1 aliphatic carbocycles. The van der Waals surface area contributed by atoms with Crippen molar-refractivity contribution in [2.45, 2.75) is 50.8 Å². The van der Waals surface area contributed by atoms with Gasteiger partial charge in [0, 0.05) is 22.9 Å². The standard InChI is InChI=1S/C22H21Cl2FN2O/c23-15-10-17-20-12-19(13-6-8-16(25)9-7-13)26-27(20)22(14-4-2-1-3-5-14)28-21(17)18(24)11-15/h6-11,14,20,22H,1-5,12H2/t20-,22-/m1/s1. The number of hydrogen-bond acceptors (Lipinski definition) is 3. The summed E-state index contributed by atoms with van der Waals surface area (Å²) < 4.78 is 19.8. The molecule has 3 aliphatic rings. The van der Waals surface area contributed by atoms with Gasteiger partial charge in [0.25, 0.3) is 0 Å². The van der Waals surface area contributed by atoms with Crippen molar-refractivity contribution in [2.24, 2.45) is 11.0 Å². The quantitative estimate of drug-likeness (QED) is 0.549. The van der Waals surface area contributed by atoms with Gasteiger partial charge in [0.05, 0.1) is 16.8 Å². The summed E-state index contributed by atoms with van der Waals surface area (Å²) in [5.41, 5.74) is 2.86. The van der Waals surface area contributed by atoms with E-state index in [1.807, 2.05) is 6.07 Å². The number of rotatable bonds is 2. The van der Waals surface area contributed by atoms with Crippen LogP contribution in [0.25, 0.3) is 0 Å². The Balaban J connectivity index is 1.56. The fraction of sp³-hybridized carbons (Fsp3) is 0.409. The molecule has 2 aromatic carbocycles. The highest BCUT2D eigenvalue weighted by Crippen LogP contribution is 2.49. The third-order valence-corrected chi connectivity index (χ3v) is 6.57. The average Bonchev–Trinajstić information content (AvgIpc) is 3.14. The van der Waals surface area contributed by atoms with Crippen molar-refractivity contribution >= 4 is 28.9 Å². The molecule has 0 saturated heterocycles. The number of hydrogen-bond donors (Lipinski definition) is 0. The van der Waals surface area contributed by atoms with Gasteiger partial charge in [-0.15, -0.1) is 0 Å². The molecule has 2 aliphatic heterocycles. The Morgan fingerprint density at radius 2 is 1.79 bits per heavy atom. The topological polar surface area (TPSA) is 24.8 Å². The van der Waals surface area contributed by atoms with Crippen LogP contribution in [0, 0.1) is 11.7 Å². The molecule has 0 unspecified atom stereocenters. The van der Waals surface area contributed by atoms with Crippen molar-refractivity contribution in [3.63, 3.8) is 0 Å². The summed E-state index contributed by atoms with van der Waals surface area (Å²) in [7, 11) is 0. The van der Waals surface area contributed by atoms with Gasteiger partial charge in [-0.3, -0.25) is 0 Å². The third kappa shape index (κ3) is 3.17. The maximum Gasteiger partial charge on any atom is 0.190 e. The highest BCUT2D eigenvalue weighted by molar-refractivity contribution is 6.35. The summed E-state index contributed by atoms with van der Waals surface area (Å²) in [6.45, 7) is 0. The molecule has 146 valence electrons. The van der Waals surface area contributed by atoms with Crippen LogP contribution < -0.4 is 4.74 Å². The van der Waals surface area contributed by atoms with E-state index in [1.165, 1.54) is 31.4 Å². The van der Waals surface area contributed by atoms with E-state index in [0.717, 1.165) is 41.9 Å². The molecule has 5 rings (SSSR count). The monoisotopic (exact) mass is 418 g/mol. The Kier molecular flexibility index (Phi) is 4.72. The summed E-state index contributed by atoms with van der Waals surface area (Å²) in [6, 6.07) is 10.2. The number of nitrogens with zero attached hydrogens (tertiary/aromatic N) is 2. The lowest BCUT2D eigenvalue weighted by Gasteiger charge is -2.43. The first-order valence-electron chi connectivity index (χ1n) is 9.87. The zero-order chi connectivity index (χ0) is 19.3. The second-order valence-corrected chi connectivity index (χ2v) is 8.71. The fourth-order valence-electron chi connectivity index (χ4n) is 4.69. The minimum Gasteiger partial charge on any atom is -0.467 e. The summed E-state index contributed by atoms with van der Waals surface area (Å²) in [6.07, 6.45) is 6.59. The van der Waals surface area contributed by atoms with E-state index in [-0.39, 0.29) is 18.1 Å². The Bertz CT molecular complexity index is 925. The number of hydrazone groups is 1. The van der Waals surface area contributed by atoms with Gasteiger partial charge in [-0.25, -0.2) is 9.40 Å². The lowest BCUT2D eigenvalue weighted by Crippen LogP contribution is -2.46. The molecule has 0 amide bonds. The molecule has 2 atom stereocenters. The van der Waals surface area contributed by atoms with Crippen LogP contribution in [0.2, 0.25) is 10.0 Å². The van der Waals surface area contributed by atoms with Crippen LogP contribution in [0.15, 0.2) is 41.5 Å². The molecular formula is C22H21Cl2FN2O. The molecule has 28 heavy (non-hydrogen) atoms. The predicted molar refractivity (Wildman–Crippen MR) is 110 cm³/mol. The molecule has 0 radical (unpaired) electrons. The second-order valence-electron chi connectivity index (χ2n) is 7.87. The van der Waals surface area contributed by atoms with Crippen LogP contribution in [0.1, 0.15) is 55.7 Å². The van der Waals surface area contributed by atoms with Crippen molar-refractivity contribution in [2.75, 3.05) is 0 Å². The van der Waals surface area contributed by atoms with Crippen LogP contribution in [0.5, 0.6) is 5.75 Å². The molecule has 3 nitrogen and oxygen atoms in total. The van der Waals surface area contributed by atoms with Gasteiger partial charge in [-0.1, -0.05) is 54.6 Å². The van der Waals surface area contributed by atoms with Crippen LogP contribution >= 0.6 is 23.2 Å². The average molecular weight is 419 g/mol. The van der Waals surface area contributed by atoms with Gasteiger partial charge in [-0.05, 0) is 42.7 Å². The Morgan fingerprint density at radius 1 is 1.04 bits per heavy atom. The third-order valence-electron chi connectivity index (χ3n) is 6.07. The zero-order valence-corrected chi connectivity index (χ0v) is 16.9. The van der Waals surface area contributed by atoms with Crippen LogP contribution in [-0.2, 0) is 0 Å².